The average molecular weight is 339 g/mol. The summed E-state index contributed by atoms with van der Waals surface area (Å²) in [6, 6.07) is 12.3. The van der Waals surface area contributed by atoms with Gasteiger partial charge < -0.3 is 9.84 Å². The molecule has 0 heterocycles. The van der Waals surface area contributed by atoms with Gasteiger partial charge in [-0.25, -0.2) is 0 Å². The number of rotatable bonds is 6. The number of carbonyl (C=O) groups is 1. The molecule has 0 radical (unpaired) electrons. The molecule has 0 spiro atoms. The highest BCUT2D eigenvalue weighted by atomic mass is 35.5. The molecule has 0 saturated carbocycles. The van der Waals surface area contributed by atoms with Crippen LogP contribution in [0, 0.1) is 0 Å². The van der Waals surface area contributed by atoms with Crippen molar-refractivity contribution in [1.82, 2.24) is 0 Å². The number of benzene rings is 2. The zero-order valence-corrected chi connectivity index (χ0v) is 13.6. The summed E-state index contributed by atoms with van der Waals surface area (Å²) in [6.45, 7) is 2.50. The van der Waals surface area contributed by atoms with E-state index >= 15 is 0 Å². The number of ether oxygens (including phenoxy) is 1. The van der Waals surface area contributed by atoms with Crippen molar-refractivity contribution in [3.8, 4) is 5.75 Å². The van der Waals surface area contributed by atoms with Gasteiger partial charge >= 0.3 is 5.97 Å². The first-order chi connectivity index (χ1) is 10.5. The van der Waals surface area contributed by atoms with Gasteiger partial charge in [0, 0.05) is 10.0 Å². The van der Waals surface area contributed by atoms with Crippen LogP contribution in [0.2, 0.25) is 10.0 Å². The number of carboxylic acid groups (broad SMARTS) is 1. The summed E-state index contributed by atoms with van der Waals surface area (Å²) in [5.74, 6) is -0.916. The molecule has 1 atom stereocenters. The quantitative estimate of drug-likeness (QED) is 0.822. The molecule has 116 valence electrons. The van der Waals surface area contributed by atoms with E-state index in [-0.39, 0.29) is 0 Å². The van der Waals surface area contributed by atoms with E-state index in [9.17, 15) is 9.90 Å². The van der Waals surface area contributed by atoms with E-state index in [0.717, 1.165) is 11.3 Å². The van der Waals surface area contributed by atoms with Gasteiger partial charge in [-0.15, -0.1) is 0 Å². The van der Waals surface area contributed by atoms with E-state index in [1.54, 1.807) is 18.2 Å². The summed E-state index contributed by atoms with van der Waals surface area (Å²) in [4.78, 5) is 11.6. The third-order valence-electron chi connectivity index (χ3n) is 3.31. The standard InChI is InChI=1S/C17H16Cl2O3/c1-2-22-13-6-3-11(4-7-13)9-15(17(20)21)14-10-12(18)5-8-16(14)19/h3-8,10,15H,2,9H2,1H3,(H,20,21). The lowest BCUT2D eigenvalue weighted by Gasteiger charge is -2.15. The third-order valence-corrected chi connectivity index (χ3v) is 3.89. The molecule has 0 bridgehead atoms. The fraction of sp³-hybridized carbons (Fsp3) is 0.235. The Hall–Kier alpha value is -1.71. The van der Waals surface area contributed by atoms with Crippen molar-refractivity contribution in [3.63, 3.8) is 0 Å². The van der Waals surface area contributed by atoms with Crippen LogP contribution in [0.15, 0.2) is 42.5 Å². The monoisotopic (exact) mass is 338 g/mol. The highest BCUT2D eigenvalue weighted by molar-refractivity contribution is 6.33. The second kappa shape index (κ2) is 7.52. The van der Waals surface area contributed by atoms with E-state index in [0.29, 0.717) is 28.6 Å². The molecule has 0 fully saturated rings. The molecule has 2 rings (SSSR count). The van der Waals surface area contributed by atoms with Crippen LogP contribution in [0.5, 0.6) is 5.75 Å². The minimum absolute atomic E-state index is 0.335. The predicted octanol–water partition coefficient (Wildman–Crippen LogP) is 4.80. The Morgan fingerprint density at radius 2 is 1.86 bits per heavy atom. The SMILES string of the molecule is CCOc1ccc(CC(C(=O)O)c2cc(Cl)ccc2Cl)cc1. The first-order valence-electron chi connectivity index (χ1n) is 6.90. The van der Waals surface area contributed by atoms with Crippen LogP contribution in [0.1, 0.15) is 24.0 Å². The molecule has 3 nitrogen and oxygen atoms in total. The number of aliphatic carboxylic acids is 1. The van der Waals surface area contributed by atoms with Crippen LogP contribution in [0.4, 0.5) is 0 Å². The smallest absolute Gasteiger partial charge is 0.311 e. The van der Waals surface area contributed by atoms with Crippen molar-refractivity contribution in [2.45, 2.75) is 19.3 Å². The number of carboxylic acids is 1. The fourth-order valence-corrected chi connectivity index (χ4v) is 2.67. The van der Waals surface area contributed by atoms with Gasteiger partial charge in [0.05, 0.1) is 12.5 Å². The van der Waals surface area contributed by atoms with E-state index in [2.05, 4.69) is 0 Å². The molecule has 0 aliphatic heterocycles. The van der Waals surface area contributed by atoms with Gasteiger partial charge in [-0.2, -0.15) is 0 Å². The maximum absolute atomic E-state index is 11.6. The Morgan fingerprint density at radius 3 is 2.45 bits per heavy atom. The zero-order valence-electron chi connectivity index (χ0n) is 12.1. The van der Waals surface area contributed by atoms with E-state index in [4.69, 9.17) is 27.9 Å². The molecule has 0 aliphatic rings. The van der Waals surface area contributed by atoms with Crippen LogP contribution in [-0.2, 0) is 11.2 Å². The molecule has 2 aromatic carbocycles. The zero-order chi connectivity index (χ0) is 16.1. The van der Waals surface area contributed by atoms with Crippen molar-refractivity contribution < 1.29 is 14.6 Å². The molecule has 0 aromatic heterocycles. The van der Waals surface area contributed by atoms with Crippen molar-refractivity contribution in [3.05, 3.63) is 63.6 Å². The largest absolute Gasteiger partial charge is 0.494 e. The Labute approximate surface area is 139 Å². The summed E-state index contributed by atoms with van der Waals surface area (Å²) in [6.07, 6.45) is 0.335. The van der Waals surface area contributed by atoms with Crippen LogP contribution >= 0.6 is 23.2 Å². The summed E-state index contributed by atoms with van der Waals surface area (Å²) < 4.78 is 5.38. The lowest BCUT2D eigenvalue weighted by molar-refractivity contribution is -0.138. The minimum atomic E-state index is -0.932. The molecule has 5 heteroatoms. The second-order valence-electron chi connectivity index (χ2n) is 4.84. The average Bonchev–Trinajstić information content (AvgIpc) is 2.49. The fourth-order valence-electron chi connectivity index (χ4n) is 2.24. The van der Waals surface area contributed by atoms with Crippen molar-refractivity contribution >= 4 is 29.2 Å². The normalized spacial score (nSPS) is 12.0. The highest BCUT2D eigenvalue weighted by Gasteiger charge is 2.23. The second-order valence-corrected chi connectivity index (χ2v) is 5.68. The molecule has 0 amide bonds. The Balaban J connectivity index is 2.25. The molecule has 22 heavy (non-hydrogen) atoms. The van der Waals surface area contributed by atoms with Gasteiger partial charge in [-0.1, -0.05) is 35.3 Å². The summed E-state index contributed by atoms with van der Waals surface area (Å²) >= 11 is 12.1. The first-order valence-corrected chi connectivity index (χ1v) is 7.66. The minimum Gasteiger partial charge on any atom is -0.494 e. The maximum atomic E-state index is 11.6. The number of hydrogen-bond donors (Lipinski definition) is 1. The Kier molecular flexibility index (Phi) is 5.69. The molecule has 2 aromatic rings. The molecule has 0 aliphatic carbocycles. The predicted molar refractivity (Wildman–Crippen MR) is 88.2 cm³/mol. The van der Waals surface area contributed by atoms with E-state index in [1.165, 1.54) is 0 Å². The van der Waals surface area contributed by atoms with Gasteiger partial charge in [-0.05, 0) is 54.8 Å². The summed E-state index contributed by atoms with van der Waals surface area (Å²) in [5.41, 5.74) is 1.42. The number of hydrogen-bond acceptors (Lipinski definition) is 2. The Bertz CT molecular complexity index is 653. The molecule has 1 unspecified atom stereocenters. The van der Waals surface area contributed by atoms with Gasteiger partial charge in [0.1, 0.15) is 5.75 Å². The van der Waals surface area contributed by atoms with Crippen LogP contribution in [-0.4, -0.2) is 17.7 Å². The lowest BCUT2D eigenvalue weighted by Crippen LogP contribution is -2.15. The van der Waals surface area contributed by atoms with Gasteiger partial charge in [0.2, 0.25) is 0 Å². The van der Waals surface area contributed by atoms with E-state index in [1.807, 2.05) is 31.2 Å². The van der Waals surface area contributed by atoms with Crippen molar-refractivity contribution in [1.29, 1.82) is 0 Å². The summed E-state index contributed by atoms with van der Waals surface area (Å²) in [5, 5.41) is 10.4. The molecule has 1 N–H and O–H groups in total. The van der Waals surface area contributed by atoms with Gasteiger partial charge in [0.25, 0.3) is 0 Å². The topological polar surface area (TPSA) is 46.5 Å². The molecular weight excluding hydrogens is 323 g/mol. The molecular formula is C17H16Cl2O3. The Morgan fingerprint density at radius 1 is 1.18 bits per heavy atom. The lowest BCUT2D eigenvalue weighted by atomic mass is 9.92. The van der Waals surface area contributed by atoms with Crippen molar-refractivity contribution in [2.24, 2.45) is 0 Å². The van der Waals surface area contributed by atoms with Crippen molar-refractivity contribution in [2.75, 3.05) is 6.61 Å². The third kappa shape index (κ3) is 4.15. The van der Waals surface area contributed by atoms with E-state index < -0.39 is 11.9 Å². The first kappa shape index (κ1) is 16.7. The number of halogens is 2. The maximum Gasteiger partial charge on any atom is 0.311 e. The van der Waals surface area contributed by atoms with Crippen LogP contribution in [0.25, 0.3) is 0 Å². The van der Waals surface area contributed by atoms with Crippen LogP contribution in [0.3, 0.4) is 0 Å². The van der Waals surface area contributed by atoms with Crippen LogP contribution < -0.4 is 4.74 Å². The summed E-state index contributed by atoms with van der Waals surface area (Å²) in [7, 11) is 0. The highest BCUT2D eigenvalue weighted by Crippen LogP contribution is 2.30. The van der Waals surface area contributed by atoms with Gasteiger partial charge in [-0.3, -0.25) is 4.79 Å². The molecule has 0 saturated heterocycles. The van der Waals surface area contributed by atoms with Gasteiger partial charge in [0.15, 0.2) is 0 Å².